The van der Waals surface area contributed by atoms with Crippen LogP contribution in [0, 0.1) is 26.7 Å². The van der Waals surface area contributed by atoms with Gasteiger partial charge in [0.2, 0.25) is 15.9 Å². The SMILES string of the molecule is Cc1cc(C)c(S(=O)(=O)N2CCC(C(=O)NCCCN3CC(C)OC(C)C3)CC2)c(C)c1. The van der Waals surface area contributed by atoms with Crippen LogP contribution >= 0.6 is 0 Å². The molecule has 2 aliphatic heterocycles. The fraction of sp³-hybridized carbons (Fsp3) is 0.708. The molecule has 0 aliphatic carbocycles. The van der Waals surface area contributed by atoms with Crippen molar-refractivity contribution >= 4 is 15.9 Å². The summed E-state index contributed by atoms with van der Waals surface area (Å²) in [5.74, 6) is -0.0708. The van der Waals surface area contributed by atoms with E-state index in [0.717, 1.165) is 42.7 Å². The molecule has 1 N–H and O–H groups in total. The van der Waals surface area contributed by atoms with Crippen LogP contribution in [0.15, 0.2) is 17.0 Å². The van der Waals surface area contributed by atoms with Gasteiger partial charge in [0.1, 0.15) is 0 Å². The van der Waals surface area contributed by atoms with Crippen molar-refractivity contribution in [3.63, 3.8) is 0 Å². The highest BCUT2D eigenvalue weighted by Crippen LogP contribution is 2.28. The van der Waals surface area contributed by atoms with Crippen LogP contribution in [0.5, 0.6) is 0 Å². The highest BCUT2D eigenvalue weighted by atomic mass is 32.2. The summed E-state index contributed by atoms with van der Waals surface area (Å²) in [6.45, 7) is 14.1. The lowest BCUT2D eigenvalue weighted by Gasteiger charge is -2.35. The van der Waals surface area contributed by atoms with Crippen molar-refractivity contribution in [2.75, 3.05) is 39.3 Å². The molecule has 0 spiro atoms. The van der Waals surface area contributed by atoms with Crippen LogP contribution < -0.4 is 5.32 Å². The van der Waals surface area contributed by atoms with E-state index in [9.17, 15) is 13.2 Å². The third-order valence-corrected chi connectivity index (χ3v) is 8.68. The van der Waals surface area contributed by atoms with Gasteiger partial charge in [0.25, 0.3) is 0 Å². The number of hydrogen-bond donors (Lipinski definition) is 1. The molecule has 1 amide bonds. The number of sulfonamides is 1. The lowest BCUT2D eigenvalue weighted by atomic mass is 9.97. The van der Waals surface area contributed by atoms with Crippen molar-refractivity contribution < 1.29 is 17.9 Å². The van der Waals surface area contributed by atoms with Crippen LogP contribution in [0.4, 0.5) is 0 Å². The number of amides is 1. The molecule has 0 saturated carbocycles. The molecule has 0 bridgehead atoms. The number of morpholine rings is 1. The lowest BCUT2D eigenvalue weighted by molar-refractivity contribution is -0.126. The Morgan fingerprint density at radius 3 is 2.19 bits per heavy atom. The molecule has 2 fully saturated rings. The maximum absolute atomic E-state index is 13.2. The number of carbonyl (C=O) groups is 1. The summed E-state index contributed by atoms with van der Waals surface area (Å²) in [4.78, 5) is 15.4. The minimum Gasteiger partial charge on any atom is -0.373 e. The summed E-state index contributed by atoms with van der Waals surface area (Å²) < 4.78 is 33.8. The second-order valence-electron chi connectivity index (χ2n) is 9.57. The predicted octanol–water partition coefficient (Wildman–Crippen LogP) is 2.63. The number of carbonyl (C=O) groups excluding carboxylic acids is 1. The first-order valence-electron chi connectivity index (χ1n) is 11.8. The highest BCUT2D eigenvalue weighted by Gasteiger charge is 2.33. The van der Waals surface area contributed by atoms with Gasteiger partial charge >= 0.3 is 0 Å². The molecule has 3 rings (SSSR count). The standard InChI is InChI=1S/C24H39N3O4S/c1-17-13-18(2)23(19(3)14-17)32(29,30)27-11-7-22(8-12-27)24(28)25-9-6-10-26-15-20(4)31-21(5)16-26/h13-14,20-22H,6-12,15-16H2,1-5H3,(H,25,28). The predicted molar refractivity (Wildman–Crippen MR) is 126 cm³/mol. The highest BCUT2D eigenvalue weighted by molar-refractivity contribution is 7.89. The Bertz CT molecular complexity index is 877. The van der Waals surface area contributed by atoms with Crippen molar-refractivity contribution in [3.8, 4) is 0 Å². The Balaban J connectivity index is 1.45. The molecule has 0 radical (unpaired) electrons. The summed E-state index contributed by atoms with van der Waals surface area (Å²) in [5, 5.41) is 3.06. The Hall–Kier alpha value is -1.48. The van der Waals surface area contributed by atoms with Gasteiger partial charge in [-0.15, -0.1) is 0 Å². The third kappa shape index (κ3) is 6.10. The van der Waals surface area contributed by atoms with E-state index < -0.39 is 10.0 Å². The number of ether oxygens (including phenoxy) is 1. The van der Waals surface area contributed by atoms with Gasteiger partial charge in [-0.25, -0.2) is 8.42 Å². The van der Waals surface area contributed by atoms with Gasteiger partial charge in [0.15, 0.2) is 0 Å². The Kier molecular flexibility index (Phi) is 8.36. The molecule has 2 atom stereocenters. The number of piperidine rings is 1. The largest absolute Gasteiger partial charge is 0.373 e. The van der Waals surface area contributed by atoms with Crippen molar-refractivity contribution in [3.05, 3.63) is 28.8 Å². The van der Waals surface area contributed by atoms with Crippen molar-refractivity contribution in [1.82, 2.24) is 14.5 Å². The fourth-order valence-corrected chi connectivity index (χ4v) is 7.07. The van der Waals surface area contributed by atoms with Crippen LogP contribution in [0.2, 0.25) is 0 Å². The first kappa shape index (κ1) is 25.1. The van der Waals surface area contributed by atoms with E-state index in [0.29, 0.717) is 37.4 Å². The zero-order chi connectivity index (χ0) is 23.5. The second-order valence-corrected chi connectivity index (χ2v) is 11.4. The van der Waals surface area contributed by atoms with Gasteiger partial charge < -0.3 is 10.1 Å². The first-order valence-corrected chi connectivity index (χ1v) is 13.3. The van der Waals surface area contributed by atoms with E-state index in [1.807, 2.05) is 32.9 Å². The average Bonchev–Trinajstić information content (AvgIpc) is 2.69. The number of nitrogens with one attached hydrogen (secondary N) is 1. The molecule has 7 nitrogen and oxygen atoms in total. The minimum atomic E-state index is -3.55. The number of aryl methyl sites for hydroxylation is 3. The van der Waals surface area contributed by atoms with Crippen molar-refractivity contribution in [1.29, 1.82) is 0 Å². The smallest absolute Gasteiger partial charge is 0.243 e. The van der Waals surface area contributed by atoms with Crippen LogP contribution in [-0.2, 0) is 19.6 Å². The Morgan fingerprint density at radius 2 is 1.62 bits per heavy atom. The molecule has 2 unspecified atom stereocenters. The maximum Gasteiger partial charge on any atom is 0.243 e. The molecule has 2 saturated heterocycles. The second kappa shape index (κ2) is 10.6. The molecular formula is C24H39N3O4S. The lowest BCUT2D eigenvalue weighted by Crippen LogP contribution is -2.46. The Morgan fingerprint density at radius 1 is 1.06 bits per heavy atom. The summed E-state index contributed by atoms with van der Waals surface area (Å²) >= 11 is 0. The van der Waals surface area contributed by atoms with Gasteiger partial charge in [-0.05, 0) is 65.0 Å². The quantitative estimate of drug-likeness (QED) is 0.627. The van der Waals surface area contributed by atoms with Gasteiger partial charge in [-0.1, -0.05) is 17.7 Å². The van der Waals surface area contributed by atoms with Gasteiger partial charge in [0, 0.05) is 45.2 Å². The normalized spacial score (nSPS) is 23.9. The van der Waals surface area contributed by atoms with Crippen LogP contribution in [-0.4, -0.2) is 75.0 Å². The molecular weight excluding hydrogens is 426 g/mol. The van der Waals surface area contributed by atoms with E-state index in [1.165, 1.54) is 0 Å². The van der Waals surface area contributed by atoms with Crippen LogP contribution in [0.3, 0.4) is 0 Å². The molecule has 32 heavy (non-hydrogen) atoms. The molecule has 2 heterocycles. The fourth-order valence-electron chi connectivity index (χ4n) is 5.19. The minimum absolute atomic E-state index is 0.0495. The summed E-state index contributed by atoms with van der Waals surface area (Å²) in [6.07, 6.45) is 2.54. The van der Waals surface area contributed by atoms with E-state index >= 15 is 0 Å². The van der Waals surface area contributed by atoms with Crippen LogP contribution in [0.1, 0.15) is 49.8 Å². The number of nitrogens with zero attached hydrogens (tertiary/aromatic N) is 2. The zero-order valence-corrected chi connectivity index (χ0v) is 21.0. The van der Waals surface area contributed by atoms with E-state index in [2.05, 4.69) is 24.1 Å². The maximum atomic E-state index is 13.2. The first-order chi connectivity index (χ1) is 15.1. The molecule has 1 aromatic carbocycles. The average molecular weight is 466 g/mol. The summed E-state index contributed by atoms with van der Waals surface area (Å²) in [7, 11) is -3.55. The van der Waals surface area contributed by atoms with Gasteiger partial charge in [0.05, 0.1) is 17.1 Å². The van der Waals surface area contributed by atoms with E-state index in [1.54, 1.807) is 4.31 Å². The molecule has 1 aromatic rings. The summed E-state index contributed by atoms with van der Waals surface area (Å²) in [5.41, 5.74) is 2.63. The van der Waals surface area contributed by atoms with E-state index in [-0.39, 0.29) is 24.0 Å². The number of benzene rings is 1. The monoisotopic (exact) mass is 465 g/mol. The molecule has 180 valence electrons. The van der Waals surface area contributed by atoms with Crippen molar-refractivity contribution in [2.45, 2.75) is 71.0 Å². The zero-order valence-electron chi connectivity index (χ0n) is 20.2. The summed E-state index contributed by atoms with van der Waals surface area (Å²) in [6, 6.07) is 3.83. The molecule has 0 aromatic heterocycles. The van der Waals surface area contributed by atoms with E-state index in [4.69, 9.17) is 4.74 Å². The topological polar surface area (TPSA) is 79.0 Å². The van der Waals surface area contributed by atoms with Gasteiger partial charge in [-0.3, -0.25) is 9.69 Å². The molecule has 8 heteroatoms. The number of rotatable bonds is 7. The third-order valence-electron chi connectivity index (χ3n) is 6.47. The number of hydrogen-bond acceptors (Lipinski definition) is 5. The van der Waals surface area contributed by atoms with Crippen molar-refractivity contribution in [2.24, 2.45) is 5.92 Å². The Labute approximate surface area is 193 Å². The van der Waals surface area contributed by atoms with Gasteiger partial charge in [-0.2, -0.15) is 4.31 Å². The molecule has 2 aliphatic rings. The van der Waals surface area contributed by atoms with Crippen LogP contribution in [0.25, 0.3) is 0 Å².